The largest absolute Gasteiger partial charge is 0.492 e. The third-order valence-electron chi connectivity index (χ3n) is 4.74. The highest BCUT2D eigenvalue weighted by Gasteiger charge is 2.30. The van der Waals surface area contributed by atoms with Crippen LogP contribution in [0, 0.1) is 11.8 Å². The molecule has 1 aromatic rings. The molecule has 2 N–H and O–H groups in total. The summed E-state index contributed by atoms with van der Waals surface area (Å²) in [5, 5.41) is 0. The van der Waals surface area contributed by atoms with Gasteiger partial charge in [0.2, 0.25) is 0 Å². The van der Waals surface area contributed by atoms with Gasteiger partial charge < -0.3 is 10.5 Å². The van der Waals surface area contributed by atoms with E-state index < -0.39 is 0 Å². The predicted molar refractivity (Wildman–Crippen MR) is 87.6 cm³/mol. The van der Waals surface area contributed by atoms with Gasteiger partial charge in [0.05, 0.1) is 12.8 Å². The SMILES string of the molecule is CCCOc1cncc(C2CC(CCC)CCC2CN)c1. The first kappa shape index (κ1) is 16.3. The van der Waals surface area contributed by atoms with E-state index in [9.17, 15) is 0 Å². The van der Waals surface area contributed by atoms with E-state index in [1.807, 2.05) is 12.4 Å². The average Bonchev–Trinajstić information content (AvgIpc) is 2.53. The lowest BCUT2D eigenvalue weighted by Gasteiger charge is -2.36. The maximum atomic E-state index is 6.02. The molecule has 1 aromatic heterocycles. The summed E-state index contributed by atoms with van der Waals surface area (Å²) in [5.41, 5.74) is 7.34. The molecule has 3 unspecified atom stereocenters. The quantitative estimate of drug-likeness (QED) is 0.821. The minimum atomic E-state index is 0.554. The molecule has 0 radical (unpaired) electrons. The Bertz CT molecular complexity index is 421. The maximum Gasteiger partial charge on any atom is 0.137 e. The lowest BCUT2D eigenvalue weighted by molar-refractivity contribution is 0.229. The van der Waals surface area contributed by atoms with E-state index >= 15 is 0 Å². The standard InChI is InChI=1S/C18H30N2O/c1-3-5-14-6-7-15(11-19)18(9-14)16-10-17(13-20-12-16)21-8-4-2/h10,12-15,18H,3-9,11,19H2,1-2H3. The van der Waals surface area contributed by atoms with Crippen LogP contribution in [0.2, 0.25) is 0 Å². The van der Waals surface area contributed by atoms with E-state index in [0.717, 1.165) is 31.2 Å². The zero-order valence-corrected chi connectivity index (χ0v) is 13.6. The molecule has 0 saturated heterocycles. The third-order valence-corrected chi connectivity index (χ3v) is 4.74. The van der Waals surface area contributed by atoms with Crippen LogP contribution in [0.1, 0.15) is 63.9 Å². The van der Waals surface area contributed by atoms with Crippen LogP contribution in [0.5, 0.6) is 5.75 Å². The average molecular weight is 290 g/mol. The van der Waals surface area contributed by atoms with Gasteiger partial charge in [-0.05, 0) is 55.2 Å². The van der Waals surface area contributed by atoms with Crippen LogP contribution in [0.3, 0.4) is 0 Å². The fraction of sp³-hybridized carbons (Fsp3) is 0.722. The molecule has 1 fully saturated rings. The van der Waals surface area contributed by atoms with E-state index in [1.165, 1.54) is 37.7 Å². The Morgan fingerprint density at radius 2 is 2.10 bits per heavy atom. The number of ether oxygens (including phenoxy) is 1. The maximum absolute atomic E-state index is 6.02. The van der Waals surface area contributed by atoms with Crippen LogP contribution < -0.4 is 10.5 Å². The topological polar surface area (TPSA) is 48.1 Å². The van der Waals surface area contributed by atoms with Crippen molar-refractivity contribution in [2.75, 3.05) is 13.2 Å². The summed E-state index contributed by atoms with van der Waals surface area (Å²) in [5.74, 6) is 2.91. The first-order valence-electron chi connectivity index (χ1n) is 8.56. The van der Waals surface area contributed by atoms with Crippen molar-refractivity contribution in [2.24, 2.45) is 17.6 Å². The van der Waals surface area contributed by atoms with Gasteiger partial charge in [-0.25, -0.2) is 0 Å². The Labute approximate surface area is 129 Å². The van der Waals surface area contributed by atoms with Gasteiger partial charge in [-0.15, -0.1) is 0 Å². The summed E-state index contributed by atoms with van der Waals surface area (Å²) in [6, 6.07) is 2.18. The molecule has 2 rings (SSSR count). The Balaban J connectivity index is 2.11. The molecular weight excluding hydrogens is 260 g/mol. The Morgan fingerprint density at radius 1 is 1.24 bits per heavy atom. The highest BCUT2D eigenvalue weighted by molar-refractivity contribution is 5.27. The van der Waals surface area contributed by atoms with Gasteiger partial charge in [-0.1, -0.05) is 33.1 Å². The van der Waals surface area contributed by atoms with Gasteiger partial charge in [-0.3, -0.25) is 4.98 Å². The molecule has 3 atom stereocenters. The number of pyridine rings is 1. The van der Waals surface area contributed by atoms with E-state index in [1.54, 1.807) is 0 Å². The summed E-state index contributed by atoms with van der Waals surface area (Å²) in [6.45, 7) is 5.95. The monoisotopic (exact) mass is 290 g/mol. The van der Waals surface area contributed by atoms with Crippen molar-refractivity contribution in [3.8, 4) is 5.75 Å². The molecule has 0 spiro atoms. The summed E-state index contributed by atoms with van der Waals surface area (Å²) >= 11 is 0. The molecule has 3 nitrogen and oxygen atoms in total. The minimum Gasteiger partial charge on any atom is -0.492 e. The minimum absolute atomic E-state index is 0.554. The van der Waals surface area contributed by atoms with E-state index in [2.05, 4.69) is 24.9 Å². The van der Waals surface area contributed by atoms with Gasteiger partial charge in [0.1, 0.15) is 5.75 Å². The van der Waals surface area contributed by atoms with Gasteiger partial charge in [0, 0.05) is 6.20 Å². The highest BCUT2D eigenvalue weighted by Crippen LogP contribution is 2.42. The van der Waals surface area contributed by atoms with Crippen molar-refractivity contribution in [3.63, 3.8) is 0 Å². The van der Waals surface area contributed by atoms with Gasteiger partial charge in [-0.2, -0.15) is 0 Å². The zero-order chi connectivity index (χ0) is 15.1. The first-order chi connectivity index (χ1) is 10.3. The van der Waals surface area contributed by atoms with Gasteiger partial charge in [0.25, 0.3) is 0 Å². The molecule has 1 aliphatic carbocycles. The van der Waals surface area contributed by atoms with Crippen molar-refractivity contribution in [3.05, 3.63) is 24.0 Å². The predicted octanol–water partition coefficient (Wildman–Crippen LogP) is 4.13. The lowest BCUT2D eigenvalue weighted by Crippen LogP contribution is -2.29. The summed E-state index contributed by atoms with van der Waals surface area (Å²) in [4.78, 5) is 4.39. The molecule has 1 saturated carbocycles. The smallest absolute Gasteiger partial charge is 0.137 e. The van der Waals surface area contributed by atoms with Gasteiger partial charge in [0.15, 0.2) is 0 Å². The second kappa shape index (κ2) is 8.38. The third kappa shape index (κ3) is 4.44. The number of aromatic nitrogens is 1. The molecule has 0 amide bonds. The fourth-order valence-corrected chi connectivity index (χ4v) is 3.62. The summed E-state index contributed by atoms with van der Waals surface area (Å²) in [7, 11) is 0. The van der Waals surface area contributed by atoms with Crippen molar-refractivity contribution < 1.29 is 4.74 Å². The molecular formula is C18H30N2O. The molecule has 1 aliphatic rings. The van der Waals surface area contributed by atoms with Crippen LogP contribution in [-0.4, -0.2) is 18.1 Å². The molecule has 0 aromatic carbocycles. The number of hydrogen-bond acceptors (Lipinski definition) is 3. The molecule has 3 heteroatoms. The van der Waals surface area contributed by atoms with E-state index in [0.29, 0.717) is 11.8 Å². The molecule has 21 heavy (non-hydrogen) atoms. The van der Waals surface area contributed by atoms with Crippen LogP contribution in [0.25, 0.3) is 0 Å². The molecule has 0 bridgehead atoms. The highest BCUT2D eigenvalue weighted by atomic mass is 16.5. The summed E-state index contributed by atoms with van der Waals surface area (Å²) < 4.78 is 5.74. The fourth-order valence-electron chi connectivity index (χ4n) is 3.62. The second-order valence-corrected chi connectivity index (χ2v) is 6.37. The number of rotatable bonds is 7. The molecule has 1 heterocycles. The summed E-state index contributed by atoms with van der Waals surface area (Å²) in [6.07, 6.45) is 11.3. The Kier molecular flexibility index (Phi) is 6.50. The van der Waals surface area contributed by atoms with Crippen LogP contribution in [0.15, 0.2) is 18.5 Å². The number of hydrogen-bond donors (Lipinski definition) is 1. The normalized spacial score (nSPS) is 25.8. The van der Waals surface area contributed by atoms with Gasteiger partial charge >= 0.3 is 0 Å². The second-order valence-electron chi connectivity index (χ2n) is 6.37. The van der Waals surface area contributed by atoms with E-state index in [4.69, 9.17) is 10.5 Å². The first-order valence-corrected chi connectivity index (χ1v) is 8.56. The van der Waals surface area contributed by atoms with Crippen molar-refractivity contribution in [1.82, 2.24) is 4.98 Å². The zero-order valence-electron chi connectivity index (χ0n) is 13.6. The number of nitrogens with two attached hydrogens (primary N) is 1. The number of nitrogens with zero attached hydrogens (tertiary/aromatic N) is 1. The Hall–Kier alpha value is -1.09. The molecule has 118 valence electrons. The van der Waals surface area contributed by atoms with Crippen LogP contribution in [0.4, 0.5) is 0 Å². The molecule has 0 aliphatic heterocycles. The van der Waals surface area contributed by atoms with Crippen molar-refractivity contribution >= 4 is 0 Å². The van der Waals surface area contributed by atoms with Crippen molar-refractivity contribution in [1.29, 1.82) is 0 Å². The van der Waals surface area contributed by atoms with E-state index in [-0.39, 0.29) is 0 Å². The Morgan fingerprint density at radius 3 is 2.81 bits per heavy atom. The van der Waals surface area contributed by atoms with Crippen LogP contribution >= 0.6 is 0 Å². The van der Waals surface area contributed by atoms with Crippen molar-refractivity contribution in [2.45, 2.75) is 58.3 Å². The van der Waals surface area contributed by atoms with Crippen LogP contribution in [-0.2, 0) is 0 Å². The lowest BCUT2D eigenvalue weighted by atomic mass is 9.70.